The number of hydrogen-bond donors (Lipinski definition) is 3. The second-order valence-corrected chi connectivity index (χ2v) is 11.2. The lowest BCUT2D eigenvalue weighted by Gasteiger charge is -2.34. The Morgan fingerprint density at radius 3 is 2.21 bits per heavy atom. The van der Waals surface area contributed by atoms with E-state index in [1.807, 2.05) is 66.7 Å². The maximum absolute atomic E-state index is 14.3. The molecule has 3 amide bonds. The highest BCUT2D eigenvalue weighted by atomic mass is 16.6. The molecular weight excluding hydrogens is 542 g/mol. The normalized spacial score (nSPS) is 12.5. The lowest BCUT2D eigenvalue weighted by atomic mass is 10.00. The molecule has 0 saturated heterocycles. The van der Waals surface area contributed by atoms with Gasteiger partial charge in [-0.15, -0.1) is 6.58 Å². The highest BCUT2D eigenvalue weighted by Gasteiger charge is 2.36. The Bertz CT molecular complexity index is 1580. The fourth-order valence-corrected chi connectivity index (χ4v) is 4.77. The number of carbonyl (C=O) groups excluding carboxylic acids is 3. The highest BCUT2D eigenvalue weighted by Crippen LogP contribution is 2.27. The Kier molecular flexibility index (Phi) is 9.83. The molecule has 3 N–H and O–H groups in total. The number of amides is 3. The van der Waals surface area contributed by atoms with E-state index >= 15 is 0 Å². The first-order chi connectivity index (χ1) is 20.5. The highest BCUT2D eigenvalue weighted by molar-refractivity contribution is 6.00. The number of carbonyl (C=O) groups is 3. The Morgan fingerprint density at radius 1 is 0.907 bits per heavy atom. The first kappa shape index (κ1) is 30.8. The number of ether oxygens (including phenoxy) is 1. The van der Waals surface area contributed by atoms with Gasteiger partial charge in [0.25, 0.3) is 5.91 Å². The number of nitrogens with zero attached hydrogens (tertiary/aromatic N) is 1. The first-order valence-corrected chi connectivity index (χ1v) is 14.1. The molecular formula is C35H37N3O5. The van der Waals surface area contributed by atoms with Gasteiger partial charge in [-0.2, -0.15) is 0 Å². The fraction of sp³-hybridized carbons (Fsp3) is 0.229. The van der Waals surface area contributed by atoms with Crippen LogP contribution in [0.25, 0.3) is 10.8 Å². The van der Waals surface area contributed by atoms with Crippen LogP contribution in [0.2, 0.25) is 0 Å². The van der Waals surface area contributed by atoms with Gasteiger partial charge in [0.15, 0.2) is 0 Å². The summed E-state index contributed by atoms with van der Waals surface area (Å²) in [5, 5.41) is 17.6. The van der Waals surface area contributed by atoms with Crippen molar-refractivity contribution in [2.75, 3.05) is 11.9 Å². The van der Waals surface area contributed by atoms with Crippen molar-refractivity contribution in [1.29, 1.82) is 0 Å². The second-order valence-electron chi connectivity index (χ2n) is 11.2. The molecule has 4 aromatic rings. The van der Waals surface area contributed by atoms with Gasteiger partial charge in [-0.3, -0.25) is 9.59 Å². The summed E-state index contributed by atoms with van der Waals surface area (Å²) in [6.07, 6.45) is 0.949. The van der Waals surface area contributed by atoms with Crippen LogP contribution in [-0.4, -0.2) is 46.1 Å². The van der Waals surface area contributed by atoms with Crippen LogP contribution in [0, 0.1) is 0 Å². The van der Waals surface area contributed by atoms with Gasteiger partial charge in [0.2, 0.25) is 5.91 Å². The zero-order valence-electron chi connectivity index (χ0n) is 24.6. The van der Waals surface area contributed by atoms with Crippen molar-refractivity contribution < 1.29 is 24.2 Å². The largest absolute Gasteiger partial charge is 0.508 e. The minimum absolute atomic E-state index is 0.0107. The molecule has 0 aliphatic heterocycles. The van der Waals surface area contributed by atoms with E-state index in [0.29, 0.717) is 11.3 Å². The molecule has 0 aliphatic carbocycles. The van der Waals surface area contributed by atoms with E-state index in [1.54, 1.807) is 39.0 Å². The molecule has 4 rings (SSSR count). The number of phenols is 1. The summed E-state index contributed by atoms with van der Waals surface area (Å²) in [6.45, 7) is 9.05. The number of nitrogens with one attached hydrogen (secondary N) is 2. The van der Waals surface area contributed by atoms with Gasteiger partial charge in [-0.1, -0.05) is 78.9 Å². The SMILES string of the molecule is C=CCN(C(=O)C(Cc1ccccc1)NC(=O)OC(C)(C)C)C(C(=O)Nc1ccc2ccccc2c1)c1ccc(O)cc1. The molecule has 0 bridgehead atoms. The van der Waals surface area contributed by atoms with Crippen molar-refractivity contribution in [3.8, 4) is 5.75 Å². The summed E-state index contributed by atoms with van der Waals surface area (Å²) in [7, 11) is 0. The third-order valence-corrected chi connectivity index (χ3v) is 6.67. The maximum atomic E-state index is 14.3. The predicted molar refractivity (Wildman–Crippen MR) is 169 cm³/mol. The zero-order valence-corrected chi connectivity index (χ0v) is 24.6. The number of benzene rings is 4. The van der Waals surface area contributed by atoms with Crippen LogP contribution in [0.15, 0.2) is 110 Å². The number of hydrogen-bond acceptors (Lipinski definition) is 5. The van der Waals surface area contributed by atoms with Gasteiger partial charge >= 0.3 is 6.09 Å². The molecule has 2 atom stereocenters. The minimum Gasteiger partial charge on any atom is -0.508 e. The van der Waals surface area contributed by atoms with Crippen molar-refractivity contribution in [2.45, 2.75) is 44.9 Å². The number of anilines is 1. The van der Waals surface area contributed by atoms with Crippen LogP contribution in [0.5, 0.6) is 5.75 Å². The fourth-order valence-electron chi connectivity index (χ4n) is 4.77. The number of phenolic OH excluding ortho intramolecular Hbond substituents is 1. The number of alkyl carbamates (subject to hydrolysis) is 1. The number of fused-ring (bicyclic) bond motifs is 1. The summed E-state index contributed by atoms with van der Waals surface area (Å²) in [4.78, 5) is 42.6. The van der Waals surface area contributed by atoms with Crippen molar-refractivity contribution in [1.82, 2.24) is 10.2 Å². The quantitative estimate of drug-likeness (QED) is 0.189. The van der Waals surface area contributed by atoms with E-state index in [4.69, 9.17) is 4.74 Å². The third kappa shape index (κ3) is 8.45. The Labute approximate surface area is 252 Å². The topological polar surface area (TPSA) is 108 Å². The molecule has 0 aromatic heterocycles. The zero-order chi connectivity index (χ0) is 31.0. The van der Waals surface area contributed by atoms with E-state index in [1.165, 1.54) is 23.1 Å². The van der Waals surface area contributed by atoms with Crippen LogP contribution in [0.4, 0.5) is 10.5 Å². The molecule has 0 aliphatic rings. The Morgan fingerprint density at radius 2 is 1.56 bits per heavy atom. The smallest absolute Gasteiger partial charge is 0.408 e. The molecule has 0 radical (unpaired) electrons. The first-order valence-electron chi connectivity index (χ1n) is 14.1. The molecule has 0 saturated carbocycles. The summed E-state index contributed by atoms with van der Waals surface area (Å²) < 4.78 is 5.47. The van der Waals surface area contributed by atoms with Gasteiger partial charge in [0, 0.05) is 18.7 Å². The summed E-state index contributed by atoms with van der Waals surface area (Å²) in [5.74, 6) is -0.944. The minimum atomic E-state index is -1.11. The molecule has 8 heteroatoms. The standard InChI is InChI=1S/C35H37N3O5/c1-5-21-38(33(41)30(22-24-11-7-6-8-12-24)37-34(42)43-35(2,3)4)31(26-16-19-29(39)20-17-26)32(40)36-28-18-15-25-13-9-10-14-27(25)23-28/h5-20,23,30-31,39H,1,21-22H2,2-4H3,(H,36,40)(H,37,42). The van der Waals surface area contributed by atoms with Gasteiger partial charge in [-0.05, 0) is 66.9 Å². The van der Waals surface area contributed by atoms with Gasteiger partial charge in [0.05, 0.1) is 0 Å². The van der Waals surface area contributed by atoms with Gasteiger partial charge in [0.1, 0.15) is 23.4 Å². The molecule has 222 valence electrons. The van der Waals surface area contributed by atoms with E-state index in [2.05, 4.69) is 17.2 Å². The van der Waals surface area contributed by atoms with Gasteiger partial charge in [-0.25, -0.2) is 4.79 Å². The Hall–Kier alpha value is -5.11. The molecule has 2 unspecified atom stereocenters. The molecule has 43 heavy (non-hydrogen) atoms. The monoisotopic (exact) mass is 579 g/mol. The Balaban J connectivity index is 1.71. The summed E-state index contributed by atoms with van der Waals surface area (Å²) >= 11 is 0. The average Bonchev–Trinajstić information content (AvgIpc) is 2.96. The molecule has 0 fully saturated rings. The van der Waals surface area contributed by atoms with Crippen molar-refractivity contribution in [2.24, 2.45) is 0 Å². The van der Waals surface area contributed by atoms with Gasteiger partial charge < -0.3 is 25.4 Å². The van der Waals surface area contributed by atoms with Crippen molar-refractivity contribution in [3.05, 3.63) is 121 Å². The lowest BCUT2D eigenvalue weighted by Crippen LogP contribution is -2.53. The average molecular weight is 580 g/mol. The van der Waals surface area contributed by atoms with Crippen LogP contribution in [0.1, 0.15) is 37.9 Å². The second kappa shape index (κ2) is 13.7. The lowest BCUT2D eigenvalue weighted by molar-refractivity contribution is -0.140. The van der Waals surface area contributed by atoms with Crippen LogP contribution in [0.3, 0.4) is 0 Å². The molecule has 4 aromatic carbocycles. The van der Waals surface area contributed by atoms with E-state index in [-0.39, 0.29) is 18.7 Å². The van der Waals surface area contributed by atoms with Crippen LogP contribution >= 0.6 is 0 Å². The van der Waals surface area contributed by atoms with Crippen molar-refractivity contribution >= 4 is 34.4 Å². The third-order valence-electron chi connectivity index (χ3n) is 6.67. The molecule has 0 spiro atoms. The van der Waals surface area contributed by atoms with Crippen LogP contribution in [-0.2, 0) is 20.7 Å². The predicted octanol–water partition coefficient (Wildman–Crippen LogP) is 6.38. The number of aromatic hydroxyl groups is 1. The molecule has 0 heterocycles. The van der Waals surface area contributed by atoms with Crippen LogP contribution < -0.4 is 10.6 Å². The summed E-state index contributed by atoms with van der Waals surface area (Å²) in [5.41, 5.74) is 1.07. The maximum Gasteiger partial charge on any atom is 0.408 e. The van der Waals surface area contributed by atoms with E-state index < -0.39 is 35.6 Å². The van der Waals surface area contributed by atoms with Crippen molar-refractivity contribution in [3.63, 3.8) is 0 Å². The van der Waals surface area contributed by atoms with E-state index in [0.717, 1.165) is 16.3 Å². The number of rotatable bonds is 10. The molecule has 8 nitrogen and oxygen atoms in total. The summed E-state index contributed by atoms with van der Waals surface area (Å²) in [6, 6.07) is 26.6. The van der Waals surface area contributed by atoms with E-state index in [9.17, 15) is 19.5 Å².